The fourth-order valence-electron chi connectivity index (χ4n) is 2.60. The molecule has 5 heteroatoms. The van der Waals surface area contributed by atoms with Crippen LogP contribution in [0.2, 0.25) is 0 Å². The molecule has 0 spiro atoms. The Bertz CT molecular complexity index is 754. The average molecular weight is 341 g/mol. The zero-order valence-electron chi connectivity index (χ0n) is 14.7. The van der Waals surface area contributed by atoms with Crippen molar-refractivity contribution in [3.63, 3.8) is 0 Å². The second-order valence-corrected chi connectivity index (χ2v) is 6.33. The predicted molar refractivity (Wildman–Crippen MR) is 96.1 cm³/mol. The number of carboxylic acids is 1. The first-order chi connectivity index (χ1) is 11.9. The van der Waals surface area contributed by atoms with Crippen LogP contribution in [-0.2, 0) is 16.6 Å². The maximum atomic E-state index is 12.5. The van der Waals surface area contributed by atoms with Gasteiger partial charge in [-0.15, -0.1) is 0 Å². The maximum absolute atomic E-state index is 12.5. The second kappa shape index (κ2) is 7.83. The van der Waals surface area contributed by atoms with E-state index in [0.717, 1.165) is 11.1 Å². The molecular formula is C20H23NO4. The number of aromatic carboxylic acids is 1. The minimum absolute atomic E-state index is 0.0557. The lowest BCUT2D eigenvalue weighted by molar-refractivity contribution is -0.125. The molecule has 0 aliphatic heterocycles. The highest BCUT2D eigenvalue weighted by Crippen LogP contribution is 2.23. The van der Waals surface area contributed by atoms with Crippen LogP contribution in [0, 0.1) is 0 Å². The van der Waals surface area contributed by atoms with E-state index < -0.39 is 11.4 Å². The summed E-state index contributed by atoms with van der Waals surface area (Å²) in [5, 5.41) is 12.0. The summed E-state index contributed by atoms with van der Waals surface area (Å²) in [6, 6.07) is 14.4. The van der Waals surface area contributed by atoms with Crippen molar-refractivity contribution in [2.75, 3.05) is 13.7 Å². The van der Waals surface area contributed by atoms with Gasteiger partial charge >= 0.3 is 5.97 Å². The van der Waals surface area contributed by atoms with Gasteiger partial charge in [-0.3, -0.25) is 4.79 Å². The van der Waals surface area contributed by atoms with Gasteiger partial charge in [0, 0.05) is 6.54 Å². The fourth-order valence-corrected chi connectivity index (χ4v) is 2.60. The fraction of sp³-hybridized carbons (Fsp3) is 0.300. The van der Waals surface area contributed by atoms with Crippen LogP contribution in [0.25, 0.3) is 0 Å². The van der Waals surface area contributed by atoms with Crippen molar-refractivity contribution in [1.29, 1.82) is 0 Å². The highest BCUT2D eigenvalue weighted by atomic mass is 16.5. The summed E-state index contributed by atoms with van der Waals surface area (Å²) in [4.78, 5) is 23.5. The van der Waals surface area contributed by atoms with Gasteiger partial charge in [-0.2, -0.15) is 0 Å². The van der Waals surface area contributed by atoms with E-state index in [1.165, 1.54) is 19.2 Å². The molecule has 0 aliphatic carbocycles. The molecule has 0 saturated heterocycles. The molecule has 5 nitrogen and oxygen atoms in total. The molecule has 132 valence electrons. The third kappa shape index (κ3) is 4.38. The first-order valence-corrected chi connectivity index (χ1v) is 8.10. The third-order valence-corrected chi connectivity index (χ3v) is 4.28. The van der Waals surface area contributed by atoms with Gasteiger partial charge in [0.2, 0.25) is 5.91 Å². The lowest BCUT2D eigenvalue weighted by Crippen LogP contribution is -2.40. The first kappa shape index (κ1) is 18.5. The monoisotopic (exact) mass is 341 g/mol. The molecule has 2 aromatic rings. The van der Waals surface area contributed by atoms with Crippen molar-refractivity contribution in [2.24, 2.45) is 0 Å². The first-order valence-electron chi connectivity index (χ1n) is 8.10. The lowest BCUT2D eigenvalue weighted by atomic mass is 9.84. The van der Waals surface area contributed by atoms with Crippen LogP contribution in [0.5, 0.6) is 5.75 Å². The van der Waals surface area contributed by atoms with E-state index in [9.17, 15) is 9.59 Å². The van der Waals surface area contributed by atoms with E-state index in [-0.39, 0.29) is 11.5 Å². The third-order valence-electron chi connectivity index (χ3n) is 4.28. The number of benzene rings is 2. The summed E-state index contributed by atoms with van der Waals surface area (Å²) in [6.45, 7) is 4.22. The Balaban J connectivity index is 2.01. The normalized spacial score (nSPS) is 11.0. The molecule has 0 unspecified atom stereocenters. The van der Waals surface area contributed by atoms with Gasteiger partial charge in [0.15, 0.2) is 0 Å². The molecule has 0 aliphatic rings. The van der Waals surface area contributed by atoms with Crippen LogP contribution in [0.15, 0.2) is 48.5 Å². The van der Waals surface area contributed by atoms with Gasteiger partial charge in [0.1, 0.15) is 5.75 Å². The minimum atomic E-state index is -0.997. The zero-order chi connectivity index (χ0) is 18.4. The molecule has 0 radical (unpaired) electrons. The van der Waals surface area contributed by atoms with Gasteiger partial charge in [0.25, 0.3) is 0 Å². The minimum Gasteiger partial charge on any atom is -0.496 e. The highest BCUT2D eigenvalue weighted by molar-refractivity contribution is 5.88. The van der Waals surface area contributed by atoms with E-state index in [1.807, 2.05) is 44.2 Å². The number of amides is 1. The molecular weight excluding hydrogens is 318 g/mol. The van der Waals surface area contributed by atoms with Crippen molar-refractivity contribution in [3.05, 3.63) is 65.2 Å². The zero-order valence-corrected chi connectivity index (χ0v) is 14.7. The Labute approximate surface area is 147 Å². The van der Waals surface area contributed by atoms with Crippen LogP contribution in [0.3, 0.4) is 0 Å². The second-order valence-electron chi connectivity index (χ2n) is 6.33. The molecule has 2 rings (SSSR count). The molecule has 2 aromatic carbocycles. The molecule has 0 fully saturated rings. The van der Waals surface area contributed by atoms with Gasteiger partial charge in [-0.1, -0.05) is 36.4 Å². The molecule has 1 amide bonds. The van der Waals surface area contributed by atoms with Crippen molar-refractivity contribution < 1.29 is 19.4 Å². The van der Waals surface area contributed by atoms with Crippen LogP contribution in [-0.4, -0.2) is 30.6 Å². The summed E-state index contributed by atoms with van der Waals surface area (Å²) in [6.07, 6.45) is 0.555. The number of carboxylic acid groups (broad SMARTS) is 1. The van der Waals surface area contributed by atoms with Gasteiger partial charge < -0.3 is 15.2 Å². The van der Waals surface area contributed by atoms with Gasteiger partial charge in [0.05, 0.1) is 18.1 Å². The van der Waals surface area contributed by atoms with Crippen LogP contribution >= 0.6 is 0 Å². The van der Waals surface area contributed by atoms with Crippen LogP contribution < -0.4 is 10.1 Å². The number of carbonyl (C=O) groups is 2. The van der Waals surface area contributed by atoms with Crippen LogP contribution in [0.1, 0.15) is 35.3 Å². The van der Waals surface area contributed by atoms with Crippen molar-refractivity contribution >= 4 is 11.9 Å². The molecule has 0 heterocycles. The number of hydrogen-bond donors (Lipinski definition) is 2. The van der Waals surface area contributed by atoms with E-state index in [1.54, 1.807) is 6.07 Å². The largest absolute Gasteiger partial charge is 0.496 e. The van der Waals surface area contributed by atoms with E-state index in [4.69, 9.17) is 9.84 Å². The molecule has 25 heavy (non-hydrogen) atoms. The molecule has 0 atom stereocenters. The Hall–Kier alpha value is -2.82. The summed E-state index contributed by atoms with van der Waals surface area (Å²) < 4.78 is 5.25. The van der Waals surface area contributed by atoms with Crippen molar-refractivity contribution in [1.82, 2.24) is 5.32 Å². The maximum Gasteiger partial charge on any atom is 0.335 e. The number of hydrogen-bond acceptors (Lipinski definition) is 3. The molecule has 2 N–H and O–H groups in total. The average Bonchev–Trinajstić information content (AvgIpc) is 2.62. The summed E-state index contributed by atoms with van der Waals surface area (Å²) in [5.41, 5.74) is 1.36. The number of ether oxygens (including phenoxy) is 1. The predicted octanol–water partition coefficient (Wildman–Crippen LogP) is 3.03. The summed E-state index contributed by atoms with van der Waals surface area (Å²) in [7, 11) is 1.50. The van der Waals surface area contributed by atoms with E-state index in [0.29, 0.717) is 18.7 Å². The molecule has 0 bridgehead atoms. The Morgan fingerprint density at radius 2 is 1.80 bits per heavy atom. The summed E-state index contributed by atoms with van der Waals surface area (Å²) in [5.74, 6) is -0.543. The number of rotatable bonds is 7. The SMILES string of the molecule is COc1cc(C(=O)O)ccc1CCNC(=O)C(C)(C)c1ccccc1. The quantitative estimate of drug-likeness (QED) is 0.812. The van der Waals surface area contributed by atoms with Crippen LogP contribution in [0.4, 0.5) is 0 Å². The van der Waals surface area contributed by atoms with Gasteiger partial charge in [-0.05, 0) is 43.5 Å². The number of methoxy groups -OCH3 is 1. The van der Waals surface area contributed by atoms with Gasteiger partial charge in [-0.25, -0.2) is 4.79 Å². The Morgan fingerprint density at radius 3 is 2.40 bits per heavy atom. The Morgan fingerprint density at radius 1 is 1.12 bits per heavy atom. The van der Waals surface area contributed by atoms with E-state index in [2.05, 4.69) is 5.32 Å². The lowest BCUT2D eigenvalue weighted by Gasteiger charge is -2.24. The summed E-state index contributed by atoms with van der Waals surface area (Å²) >= 11 is 0. The number of nitrogens with one attached hydrogen (secondary N) is 1. The smallest absolute Gasteiger partial charge is 0.335 e. The standard InChI is InChI=1S/C20H23NO4/c1-20(2,16-7-5-4-6-8-16)19(24)21-12-11-14-9-10-15(18(22)23)13-17(14)25-3/h4-10,13H,11-12H2,1-3H3,(H,21,24)(H,22,23). The Kier molecular flexibility index (Phi) is 5.80. The molecule has 0 aromatic heterocycles. The van der Waals surface area contributed by atoms with Crippen molar-refractivity contribution in [2.45, 2.75) is 25.7 Å². The van der Waals surface area contributed by atoms with E-state index >= 15 is 0 Å². The highest BCUT2D eigenvalue weighted by Gasteiger charge is 2.29. The topological polar surface area (TPSA) is 75.6 Å². The number of carbonyl (C=O) groups excluding carboxylic acids is 1. The van der Waals surface area contributed by atoms with Crippen molar-refractivity contribution in [3.8, 4) is 5.75 Å². The molecule has 0 saturated carbocycles.